The maximum absolute atomic E-state index is 14.0. The molecule has 2 heterocycles. The van der Waals surface area contributed by atoms with E-state index in [4.69, 9.17) is 5.73 Å². The Kier molecular flexibility index (Phi) is 6.05. The van der Waals surface area contributed by atoms with Crippen molar-refractivity contribution in [1.82, 2.24) is 19.4 Å². The van der Waals surface area contributed by atoms with Gasteiger partial charge in [0.2, 0.25) is 0 Å². The lowest BCUT2D eigenvalue weighted by Gasteiger charge is -2.20. The van der Waals surface area contributed by atoms with Crippen LogP contribution in [0.4, 0.5) is 17.6 Å². The molecule has 1 aliphatic rings. The van der Waals surface area contributed by atoms with E-state index in [9.17, 15) is 17.6 Å². The molecule has 29 heavy (non-hydrogen) atoms. The maximum atomic E-state index is 14.0. The van der Waals surface area contributed by atoms with E-state index in [2.05, 4.69) is 9.97 Å². The van der Waals surface area contributed by atoms with Gasteiger partial charge in [-0.2, -0.15) is 13.2 Å². The number of nitrogens with two attached hydrogens (primary N) is 1. The largest absolute Gasteiger partial charge is 0.416 e. The van der Waals surface area contributed by atoms with Gasteiger partial charge in [-0.05, 0) is 31.2 Å². The monoisotopic (exact) mass is 407 g/mol. The molecule has 0 fully saturated rings. The molecule has 0 aromatic carbocycles. The zero-order valence-electron chi connectivity index (χ0n) is 15.8. The van der Waals surface area contributed by atoms with Crippen molar-refractivity contribution in [3.63, 3.8) is 0 Å². The highest BCUT2D eigenvalue weighted by Gasteiger charge is 2.32. The normalized spacial score (nSPS) is 14.0. The molecule has 2 aromatic heterocycles. The molecule has 0 radical (unpaired) electrons. The highest BCUT2D eigenvalue weighted by Crippen LogP contribution is 2.30. The number of alkyl halides is 3. The Hall–Kier alpha value is -3.10. The van der Waals surface area contributed by atoms with Crippen LogP contribution in [0.3, 0.4) is 0 Å². The van der Waals surface area contributed by atoms with Crippen LogP contribution in [0, 0.1) is 5.82 Å². The summed E-state index contributed by atoms with van der Waals surface area (Å²) in [4.78, 5) is 10.3. The molecule has 0 amide bonds. The van der Waals surface area contributed by atoms with Gasteiger partial charge in [-0.3, -0.25) is 4.98 Å². The topological polar surface area (TPSA) is 60.0 Å². The molecule has 0 aliphatic heterocycles. The lowest BCUT2D eigenvalue weighted by atomic mass is 10.2. The molecular weight excluding hydrogens is 386 g/mol. The van der Waals surface area contributed by atoms with Gasteiger partial charge in [-0.25, -0.2) is 9.37 Å². The molecule has 154 valence electrons. The fraction of sp³-hybridized carbons (Fsp3) is 0.300. The number of hydrogen-bond donors (Lipinski definition) is 1. The van der Waals surface area contributed by atoms with Crippen molar-refractivity contribution >= 4 is 6.08 Å². The second-order valence-corrected chi connectivity index (χ2v) is 6.48. The van der Waals surface area contributed by atoms with Gasteiger partial charge in [0, 0.05) is 37.3 Å². The number of halogens is 4. The number of pyridine rings is 1. The average molecular weight is 407 g/mol. The SMILES string of the molecule is CCn1c(CN(/C=C\N)Cc2ncccc2F)nc2c1CC=C(C(F)(F)F)C=C2. The summed E-state index contributed by atoms with van der Waals surface area (Å²) in [6, 6.07) is 2.84. The Balaban J connectivity index is 1.87. The van der Waals surface area contributed by atoms with E-state index in [0.29, 0.717) is 30.3 Å². The van der Waals surface area contributed by atoms with Gasteiger partial charge in [0.05, 0.1) is 30.1 Å². The molecule has 2 aromatic rings. The van der Waals surface area contributed by atoms with Crippen LogP contribution < -0.4 is 5.73 Å². The Morgan fingerprint density at radius 2 is 2.07 bits per heavy atom. The minimum atomic E-state index is -4.39. The van der Waals surface area contributed by atoms with Gasteiger partial charge >= 0.3 is 6.18 Å². The lowest BCUT2D eigenvalue weighted by Crippen LogP contribution is -2.21. The van der Waals surface area contributed by atoms with Gasteiger partial charge in [0.25, 0.3) is 0 Å². The summed E-state index contributed by atoms with van der Waals surface area (Å²) in [6.07, 6.45) is 3.78. The first-order valence-corrected chi connectivity index (χ1v) is 9.09. The van der Waals surface area contributed by atoms with E-state index in [1.165, 1.54) is 36.7 Å². The predicted octanol–water partition coefficient (Wildman–Crippen LogP) is 3.93. The maximum Gasteiger partial charge on any atom is 0.416 e. The summed E-state index contributed by atoms with van der Waals surface area (Å²) in [7, 11) is 0. The van der Waals surface area contributed by atoms with Crippen molar-refractivity contribution in [2.45, 2.75) is 39.2 Å². The van der Waals surface area contributed by atoms with Crippen molar-refractivity contribution in [3.8, 4) is 0 Å². The molecule has 3 rings (SSSR count). The van der Waals surface area contributed by atoms with E-state index in [-0.39, 0.29) is 18.7 Å². The Morgan fingerprint density at radius 1 is 1.28 bits per heavy atom. The quantitative estimate of drug-likeness (QED) is 0.738. The predicted molar refractivity (Wildman–Crippen MR) is 102 cm³/mol. The molecule has 2 N–H and O–H groups in total. The van der Waals surface area contributed by atoms with Crippen LogP contribution >= 0.6 is 0 Å². The molecule has 5 nitrogen and oxygen atoms in total. The van der Waals surface area contributed by atoms with Crippen LogP contribution in [0.5, 0.6) is 0 Å². The van der Waals surface area contributed by atoms with E-state index in [0.717, 1.165) is 6.08 Å². The zero-order chi connectivity index (χ0) is 21.0. The van der Waals surface area contributed by atoms with Gasteiger partial charge < -0.3 is 15.2 Å². The van der Waals surface area contributed by atoms with Gasteiger partial charge in [-0.1, -0.05) is 6.08 Å². The van der Waals surface area contributed by atoms with E-state index < -0.39 is 17.6 Å². The van der Waals surface area contributed by atoms with Crippen molar-refractivity contribution in [2.75, 3.05) is 0 Å². The van der Waals surface area contributed by atoms with Crippen LogP contribution in [-0.2, 0) is 26.1 Å². The van der Waals surface area contributed by atoms with Crippen LogP contribution in [-0.4, -0.2) is 25.6 Å². The van der Waals surface area contributed by atoms with Crippen molar-refractivity contribution in [3.05, 3.63) is 77.2 Å². The second-order valence-electron chi connectivity index (χ2n) is 6.48. The Bertz CT molecular complexity index is 956. The fourth-order valence-electron chi connectivity index (χ4n) is 3.25. The third kappa shape index (κ3) is 4.67. The fourth-order valence-corrected chi connectivity index (χ4v) is 3.25. The highest BCUT2D eigenvalue weighted by molar-refractivity contribution is 5.56. The van der Waals surface area contributed by atoms with E-state index >= 15 is 0 Å². The van der Waals surface area contributed by atoms with Gasteiger partial charge in [0.1, 0.15) is 11.6 Å². The first-order chi connectivity index (χ1) is 13.8. The molecule has 1 aliphatic carbocycles. The number of allylic oxidation sites excluding steroid dienone is 3. The number of rotatable bonds is 6. The highest BCUT2D eigenvalue weighted by atomic mass is 19.4. The zero-order valence-corrected chi connectivity index (χ0v) is 15.8. The standard InChI is InChI=1S/C20H21F4N5/c1-2-29-18-8-6-14(20(22,23)24)5-7-16(18)27-19(29)13-28(11-9-25)12-17-15(21)4-3-10-26-17/h3-7,9-11H,2,8,12-13,25H2,1H3/b11-9-. The Labute approximate surface area is 165 Å². The minimum Gasteiger partial charge on any atom is -0.403 e. The minimum absolute atomic E-state index is 0.125. The smallest absolute Gasteiger partial charge is 0.403 e. The molecule has 0 spiro atoms. The first-order valence-electron chi connectivity index (χ1n) is 9.09. The van der Waals surface area contributed by atoms with Crippen LogP contribution in [0.15, 0.2) is 48.5 Å². The lowest BCUT2D eigenvalue weighted by molar-refractivity contribution is -0.0883. The number of imidazole rings is 1. The third-order valence-corrected chi connectivity index (χ3v) is 4.59. The summed E-state index contributed by atoms with van der Waals surface area (Å²) < 4.78 is 54.8. The van der Waals surface area contributed by atoms with Crippen LogP contribution in [0.1, 0.15) is 29.8 Å². The molecule has 0 bridgehead atoms. The number of hydrogen-bond acceptors (Lipinski definition) is 4. The molecule has 0 saturated heterocycles. The van der Waals surface area contributed by atoms with Gasteiger partial charge in [0.15, 0.2) is 0 Å². The first kappa shape index (κ1) is 20.6. The summed E-state index contributed by atoms with van der Waals surface area (Å²) in [5.74, 6) is 0.228. The summed E-state index contributed by atoms with van der Waals surface area (Å²) >= 11 is 0. The summed E-state index contributed by atoms with van der Waals surface area (Å²) in [5.41, 5.74) is 6.32. The number of nitrogens with zero attached hydrogens (tertiary/aromatic N) is 4. The molecule has 0 atom stereocenters. The van der Waals surface area contributed by atoms with Crippen LogP contribution in [0.2, 0.25) is 0 Å². The van der Waals surface area contributed by atoms with Crippen LogP contribution in [0.25, 0.3) is 6.08 Å². The van der Waals surface area contributed by atoms with Crippen molar-refractivity contribution in [2.24, 2.45) is 5.73 Å². The van der Waals surface area contributed by atoms with Gasteiger partial charge in [-0.15, -0.1) is 0 Å². The molecular formula is C20H21F4N5. The summed E-state index contributed by atoms with van der Waals surface area (Å²) in [6.45, 7) is 2.92. The Morgan fingerprint density at radius 3 is 2.72 bits per heavy atom. The van der Waals surface area contributed by atoms with E-state index in [1.807, 2.05) is 11.5 Å². The third-order valence-electron chi connectivity index (χ3n) is 4.59. The second kappa shape index (κ2) is 8.50. The molecule has 9 heteroatoms. The average Bonchev–Trinajstić information content (AvgIpc) is 2.84. The van der Waals surface area contributed by atoms with Crippen molar-refractivity contribution < 1.29 is 17.6 Å². The molecule has 0 unspecified atom stereocenters. The molecule has 0 saturated carbocycles. The number of aromatic nitrogens is 3. The summed E-state index contributed by atoms with van der Waals surface area (Å²) in [5, 5.41) is 0. The van der Waals surface area contributed by atoms with E-state index in [1.54, 1.807) is 11.1 Å². The number of fused-ring (bicyclic) bond motifs is 1. The van der Waals surface area contributed by atoms with Crippen molar-refractivity contribution in [1.29, 1.82) is 0 Å².